The maximum Gasteiger partial charge on any atom is 0.244 e. The largest absolute Gasteiger partial charge is 0.324 e. The minimum atomic E-state index is -0.736. The highest BCUT2D eigenvalue weighted by Crippen LogP contribution is 2.29. The second kappa shape index (κ2) is 6.41. The van der Waals surface area contributed by atoms with Crippen LogP contribution >= 0.6 is 12.4 Å². The highest BCUT2D eigenvalue weighted by atomic mass is 35.5. The number of carbonyl (C=O) groups is 1. The van der Waals surface area contributed by atoms with Gasteiger partial charge in [0.2, 0.25) is 5.91 Å². The van der Waals surface area contributed by atoms with E-state index in [2.05, 4.69) is 20.8 Å². The van der Waals surface area contributed by atoms with Crippen LogP contribution in [-0.4, -0.2) is 31.7 Å². The van der Waals surface area contributed by atoms with Crippen LogP contribution in [0.1, 0.15) is 31.2 Å². The summed E-state index contributed by atoms with van der Waals surface area (Å²) in [6.45, 7) is 1.96. The van der Waals surface area contributed by atoms with Gasteiger partial charge in [-0.15, -0.1) is 17.5 Å². The highest BCUT2D eigenvalue weighted by molar-refractivity contribution is 5.98. The van der Waals surface area contributed by atoms with Crippen molar-refractivity contribution in [2.24, 2.45) is 5.73 Å². The van der Waals surface area contributed by atoms with Crippen molar-refractivity contribution in [2.75, 3.05) is 5.32 Å². The zero-order valence-corrected chi connectivity index (χ0v) is 13.1. The molecule has 0 unspecified atom stereocenters. The minimum Gasteiger partial charge on any atom is -0.324 e. The average Bonchev–Trinajstić information content (AvgIpc) is 3.13. The van der Waals surface area contributed by atoms with Crippen LogP contribution in [0, 0.1) is 6.92 Å². The van der Waals surface area contributed by atoms with E-state index in [-0.39, 0.29) is 18.3 Å². The van der Waals surface area contributed by atoms with Gasteiger partial charge in [-0.1, -0.05) is 18.9 Å². The third kappa shape index (κ3) is 3.10. The molecule has 1 aliphatic rings. The molecule has 0 spiro atoms. The van der Waals surface area contributed by atoms with E-state index >= 15 is 0 Å². The summed E-state index contributed by atoms with van der Waals surface area (Å²) in [6.07, 6.45) is 5.02. The van der Waals surface area contributed by atoms with E-state index in [9.17, 15) is 4.79 Å². The van der Waals surface area contributed by atoms with Gasteiger partial charge in [0, 0.05) is 5.69 Å². The summed E-state index contributed by atoms with van der Waals surface area (Å²) in [5, 5.41) is 14.0. The van der Waals surface area contributed by atoms with Crippen LogP contribution in [0.4, 0.5) is 5.69 Å². The number of hydrogen-bond acceptors (Lipinski definition) is 5. The quantitative estimate of drug-likeness (QED) is 0.894. The van der Waals surface area contributed by atoms with E-state index < -0.39 is 5.54 Å². The number of nitrogens with zero attached hydrogens (tertiary/aromatic N) is 4. The molecule has 1 saturated carbocycles. The zero-order chi connectivity index (χ0) is 14.9. The van der Waals surface area contributed by atoms with Crippen molar-refractivity contribution in [3.8, 4) is 5.69 Å². The van der Waals surface area contributed by atoms with Gasteiger partial charge < -0.3 is 11.1 Å². The first-order valence-electron chi connectivity index (χ1n) is 7.03. The number of rotatable bonds is 3. The molecular weight excluding hydrogens is 304 g/mol. The summed E-state index contributed by atoms with van der Waals surface area (Å²) in [7, 11) is 0. The van der Waals surface area contributed by atoms with Crippen molar-refractivity contribution in [2.45, 2.75) is 38.1 Å². The summed E-state index contributed by atoms with van der Waals surface area (Å²) >= 11 is 0. The Labute approximate surface area is 134 Å². The molecule has 1 fully saturated rings. The summed E-state index contributed by atoms with van der Waals surface area (Å²) in [6, 6.07) is 5.63. The molecule has 0 saturated heterocycles. The van der Waals surface area contributed by atoms with Crippen LogP contribution in [0.25, 0.3) is 5.69 Å². The number of anilines is 1. The predicted octanol–water partition coefficient (Wildman–Crippen LogP) is 1.60. The van der Waals surface area contributed by atoms with Gasteiger partial charge in [-0.2, -0.15) is 0 Å². The van der Waals surface area contributed by atoms with E-state index in [0.29, 0.717) is 5.69 Å². The third-order valence-electron chi connectivity index (χ3n) is 4.01. The molecule has 3 rings (SSSR count). The topological polar surface area (TPSA) is 98.7 Å². The number of nitrogens with one attached hydrogen (secondary N) is 1. The van der Waals surface area contributed by atoms with E-state index in [1.807, 2.05) is 25.1 Å². The van der Waals surface area contributed by atoms with E-state index in [0.717, 1.165) is 36.9 Å². The van der Waals surface area contributed by atoms with Crippen LogP contribution in [0.15, 0.2) is 24.5 Å². The Kier molecular flexibility index (Phi) is 4.77. The molecule has 22 heavy (non-hydrogen) atoms. The van der Waals surface area contributed by atoms with Gasteiger partial charge in [-0.05, 0) is 47.9 Å². The molecule has 1 aromatic heterocycles. The van der Waals surface area contributed by atoms with Crippen molar-refractivity contribution < 1.29 is 4.79 Å². The smallest absolute Gasteiger partial charge is 0.244 e. The van der Waals surface area contributed by atoms with Crippen molar-refractivity contribution in [3.05, 3.63) is 30.1 Å². The Hall–Kier alpha value is -1.99. The van der Waals surface area contributed by atoms with Gasteiger partial charge in [0.25, 0.3) is 0 Å². The summed E-state index contributed by atoms with van der Waals surface area (Å²) < 4.78 is 1.57. The molecular formula is C14H19ClN6O. The Morgan fingerprint density at radius 3 is 2.73 bits per heavy atom. The maximum absolute atomic E-state index is 12.3. The molecule has 1 amide bonds. The number of aromatic nitrogens is 4. The number of amides is 1. The van der Waals surface area contributed by atoms with Gasteiger partial charge in [-0.25, -0.2) is 4.68 Å². The Morgan fingerprint density at radius 1 is 1.36 bits per heavy atom. The number of benzene rings is 1. The van der Waals surface area contributed by atoms with Crippen molar-refractivity contribution in [1.29, 1.82) is 0 Å². The van der Waals surface area contributed by atoms with Crippen molar-refractivity contribution >= 4 is 24.0 Å². The Balaban J connectivity index is 0.00000176. The number of aryl methyl sites for hydroxylation is 1. The fourth-order valence-electron chi connectivity index (χ4n) is 2.69. The number of tetrazole rings is 1. The standard InChI is InChI=1S/C14H18N6O.ClH/c1-10-4-5-11(8-12(10)20-9-16-18-19-20)17-13(21)14(15)6-2-3-7-14;/h4-5,8-9H,2-3,6-7,15H2,1H3,(H,17,21);1H. The van der Waals surface area contributed by atoms with E-state index in [1.54, 1.807) is 4.68 Å². The summed E-state index contributed by atoms with van der Waals surface area (Å²) in [5.74, 6) is -0.119. The molecule has 0 bridgehead atoms. The molecule has 0 aliphatic heterocycles. The van der Waals surface area contributed by atoms with E-state index in [4.69, 9.17) is 5.73 Å². The summed E-state index contributed by atoms with van der Waals surface area (Å²) in [4.78, 5) is 12.3. The van der Waals surface area contributed by atoms with Gasteiger partial charge in [0.1, 0.15) is 6.33 Å². The van der Waals surface area contributed by atoms with Crippen molar-refractivity contribution in [1.82, 2.24) is 20.2 Å². The zero-order valence-electron chi connectivity index (χ0n) is 12.3. The lowest BCUT2D eigenvalue weighted by atomic mass is 9.98. The van der Waals surface area contributed by atoms with Gasteiger partial charge in [0.05, 0.1) is 11.2 Å². The molecule has 1 aromatic carbocycles. The van der Waals surface area contributed by atoms with Gasteiger partial charge >= 0.3 is 0 Å². The van der Waals surface area contributed by atoms with Gasteiger partial charge in [0.15, 0.2) is 0 Å². The van der Waals surface area contributed by atoms with Crippen LogP contribution < -0.4 is 11.1 Å². The Bertz CT molecular complexity index is 651. The van der Waals surface area contributed by atoms with Crippen molar-refractivity contribution in [3.63, 3.8) is 0 Å². The molecule has 0 atom stereocenters. The lowest BCUT2D eigenvalue weighted by Crippen LogP contribution is -2.48. The number of hydrogen-bond donors (Lipinski definition) is 2. The molecule has 3 N–H and O–H groups in total. The number of halogens is 1. The molecule has 118 valence electrons. The SMILES string of the molecule is Cc1ccc(NC(=O)C2(N)CCCC2)cc1-n1cnnn1.Cl. The van der Waals surface area contributed by atoms with E-state index in [1.165, 1.54) is 6.33 Å². The highest BCUT2D eigenvalue weighted by Gasteiger charge is 2.36. The number of carbonyl (C=O) groups excluding carboxylic acids is 1. The molecule has 8 heteroatoms. The predicted molar refractivity (Wildman–Crippen MR) is 85.2 cm³/mol. The van der Waals surface area contributed by atoms with Crippen LogP contribution in [0.5, 0.6) is 0 Å². The first-order chi connectivity index (χ1) is 10.1. The molecule has 7 nitrogen and oxygen atoms in total. The lowest BCUT2D eigenvalue weighted by molar-refractivity contribution is -0.121. The fraction of sp³-hybridized carbons (Fsp3) is 0.429. The molecule has 0 radical (unpaired) electrons. The maximum atomic E-state index is 12.3. The van der Waals surface area contributed by atoms with Crippen LogP contribution in [0.2, 0.25) is 0 Å². The Morgan fingerprint density at radius 2 is 2.09 bits per heavy atom. The fourth-order valence-corrected chi connectivity index (χ4v) is 2.69. The normalized spacial score (nSPS) is 16.1. The first-order valence-corrected chi connectivity index (χ1v) is 7.03. The lowest BCUT2D eigenvalue weighted by Gasteiger charge is -2.22. The molecule has 1 aliphatic carbocycles. The second-order valence-electron chi connectivity index (χ2n) is 5.57. The summed E-state index contributed by atoms with van der Waals surface area (Å²) in [5.41, 5.74) is 7.98. The molecule has 2 aromatic rings. The first kappa shape index (κ1) is 16.4. The van der Waals surface area contributed by atoms with Crippen LogP contribution in [-0.2, 0) is 4.79 Å². The molecule has 1 heterocycles. The van der Waals surface area contributed by atoms with Crippen LogP contribution in [0.3, 0.4) is 0 Å². The third-order valence-corrected chi connectivity index (χ3v) is 4.01. The van der Waals surface area contributed by atoms with Gasteiger partial charge in [-0.3, -0.25) is 4.79 Å². The second-order valence-corrected chi connectivity index (χ2v) is 5.57. The number of nitrogens with two attached hydrogens (primary N) is 1. The monoisotopic (exact) mass is 322 g/mol. The minimum absolute atomic E-state index is 0. The average molecular weight is 323 g/mol.